The molecule has 0 saturated heterocycles. The van der Waals surface area contributed by atoms with Crippen molar-refractivity contribution < 1.29 is 9.84 Å². The summed E-state index contributed by atoms with van der Waals surface area (Å²) in [6, 6.07) is 15.5. The van der Waals surface area contributed by atoms with Crippen molar-refractivity contribution >= 4 is 29.9 Å². The van der Waals surface area contributed by atoms with Gasteiger partial charge >= 0.3 is 0 Å². The molecule has 2 aromatic carbocycles. The van der Waals surface area contributed by atoms with Crippen LogP contribution < -0.4 is 15.4 Å². The summed E-state index contributed by atoms with van der Waals surface area (Å²) >= 11 is 0. The highest BCUT2D eigenvalue weighted by Gasteiger charge is 2.04. The molecule has 2 rings (SSSR count). The molecule has 0 heterocycles. The van der Waals surface area contributed by atoms with Crippen LogP contribution in [-0.2, 0) is 13.0 Å². The van der Waals surface area contributed by atoms with E-state index in [0.717, 1.165) is 31.0 Å². The molecule has 2 aromatic rings. The predicted octanol–water partition coefficient (Wildman–Crippen LogP) is 3.32. The molecule has 3 N–H and O–H groups in total. The number of aliphatic imine (C=N–C) groups is 1. The molecule has 0 bridgehead atoms. The number of nitrogens with one attached hydrogen (secondary N) is 2. The van der Waals surface area contributed by atoms with Gasteiger partial charge in [-0.3, -0.25) is 0 Å². The molecule has 5 nitrogen and oxygen atoms in total. The van der Waals surface area contributed by atoms with Crippen molar-refractivity contribution in [3.8, 4) is 11.5 Å². The van der Waals surface area contributed by atoms with Gasteiger partial charge < -0.3 is 20.5 Å². The first-order valence-corrected chi connectivity index (χ1v) is 8.15. The van der Waals surface area contributed by atoms with Crippen LogP contribution in [-0.4, -0.2) is 31.3 Å². The number of benzene rings is 2. The Morgan fingerprint density at radius 3 is 2.56 bits per heavy atom. The summed E-state index contributed by atoms with van der Waals surface area (Å²) in [5.41, 5.74) is 2.01. The summed E-state index contributed by atoms with van der Waals surface area (Å²) in [5, 5.41) is 16.5. The number of ether oxygens (including phenoxy) is 1. The minimum atomic E-state index is 0. The van der Waals surface area contributed by atoms with E-state index in [1.165, 1.54) is 5.56 Å². The summed E-state index contributed by atoms with van der Waals surface area (Å²) in [7, 11) is 1.61. The molecule has 0 unspecified atom stereocenters. The van der Waals surface area contributed by atoms with Gasteiger partial charge in [-0.1, -0.05) is 30.3 Å². The average Bonchev–Trinajstić information content (AvgIpc) is 2.61. The number of aromatic hydroxyl groups is 1. The number of rotatable bonds is 7. The summed E-state index contributed by atoms with van der Waals surface area (Å²) in [6.07, 6.45) is 0.926. The fourth-order valence-corrected chi connectivity index (χ4v) is 2.29. The largest absolute Gasteiger partial charge is 0.508 e. The number of phenols is 1. The molecule has 0 aliphatic heterocycles. The van der Waals surface area contributed by atoms with Gasteiger partial charge in [0.25, 0.3) is 0 Å². The van der Waals surface area contributed by atoms with Gasteiger partial charge in [0.2, 0.25) is 0 Å². The van der Waals surface area contributed by atoms with Gasteiger partial charge in [0.15, 0.2) is 5.96 Å². The highest BCUT2D eigenvalue weighted by atomic mass is 127. The lowest BCUT2D eigenvalue weighted by molar-refractivity contribution is 0.411. The van der Waals surface area contributed by atoms with Gasteiger partial charge in [-0.2, -0.15) is 0 Å². The lowest BCUT2D eigenvalue weighted by Crippen LogP contribution is -2.38. The number of guanidine groups is 1. The first-order valence-electron chi connectivity index (χ1n) is 8.15. The zero-order chi connectivity index (χ0) is 17.2. The van der Waals surface area contributed by atoms with E-state index in [9.17, 15) is 5.11 Å². The number of methoxy groups -OCH3 is 1. The average molecular weight is 455 g/mol. The smallest absolute Gasteiger partial charge is 0.191 e. The SMILES string of the molecule is CCNC(=NCc1cc(OC)ccc1O)NCCc1ccccc1.I. The molecule has 0 aliphatic rings. The lowest BCUT2D eigenvalue weighted by atomic mass is 10.1. The van der Waals surface area contributed by atoms with E-state index < -0.39 is 0 Å². The van der Waals surface area contributed by atoms with Crippen LogP contribution >= 0.6 is 24.0 Å². The van der Waals surface area contributed by atoms with Crippen molar-refractivity contribution in [3.05, 3.63) is 59.7 Å². The van der Waals surface area contributed by atoms with Crippen molar-refractivity contribution in [2.24, 2.45) is 4.99 Å². The van der Waals surface area contributed by atoms with E-state index in [-0.39, 0.29) is 29.7 Å². The number of halogens is 1. The molecule has 0 saturated carbocycles. The maximum atomic E-state index is 9.93. The van der Waals surface area contributed by atoms with Gasteiger partial charge in [0.05, 0.1) is 13.7 Å². The summed E-state index contributed by atoms with van der Waals surface area (Å²) < 4.78 is 5.19. The molecule has 6 heteroatoms. The standard InChI is InChI=1S/C19H25N3O2.HI/c1-3-20-19(21-12-11-15-7-5-4-6-8-15)22-14-16-13-17(24-2)9-10-18(16)23;/h4-10,13,23H,3,11-12,14H2,1-2H3,(H2,20,21,22);1H. The Bertz CT molecular complexity index is 663. The predicted molar refractivity (Wildman–Crippen MR) is 113 cm³/mol. The zero-order valence-electron chi connectivity index (χ0n) is 14.7. The van der Waals surface area contributed by atoms with E-state index >= 15 is 0 Å². The highest BCUT2D eigenvalue weighted by molar-refractivity contribution is 14.0. The maximum Gasteiger partial charge on any atom is 0.191 e. The van der Waals surface area contributed by atoms with Crippen molar-refractivity contribution in [2.75, 3.05) is 20.2 Å². The van der Waals surface area contributed by atoms with Gasteiger partial charge in [-0.15, -0.1) is 24.0 Å². The van der Waals surface area contributed by atoms with Crippen LogP contribution in [0.1, 0.15) is 18.1 Å². The monoisotopic (exact) mass is 455 g/mol. The number of nitrogens with zero attached hydrogens (tertiary/aromatic N) is 1. The second-order valence-corrected chi connectivity index (χ2v) is 5.35. The van der Waals surface area contributed by atoms with Crippen molar-refractivity contribution in [1.82, 2.24) is 10.6 Å². The minimum absolute atomic E-state index is 0. The Balaban J connectivity index is 0.00000312. The van der Waals surface area contributed by atoms with Gasteiger partial charge in [-0.25, -0.2) is 4.99 Å². The normalized spacial score (nSPS) is 10.7. The first kappa shape index (κ1) is 21.1. The number of hydrogen-bond donors (Lipinski definition) is 3. The zero-order valence-corrected chi connectivity index (χ0v) is 17.0. The summed E-state index contributed by atoms with van der Waals surface area (Å²) in [5.74, 6) is 1.66. The van der Waals surface area contributed by atoms with Crippen LogP contribution in [0.5, 0.6) is 11.5 Å². The molecule has 0 aromatic heterocycles. The Kier molecular flexibility index (Phi) is 9.76. The van der Waals surface area contributed by atoms with Crippen LogP contribution in [0.15, 0.2) is 53.5 Å². The Labute approximate surface area is 166 Å². The lowest BCUT2D eigenvalue weighted by Gasteiger charge is -2.12. The molecule has 25 heavy (non-hydrogen) atoms. The third-order valence-corrected chi connectivity index (χ3v) is 3.59. The fourth-order valence-electron chi connectivity index (χ4n) is 2.29. The second kappa shape index (κ2) is 11.6. The molecule has 136 valence electrons. The number of hydrogen-bond acceptors (Lipinski definition) is 3. The summed E-state index contributed by atoms with van der Waals surface area (Å²) in [4.78, 5) is 4.53. The van der Waals surface area contributed by atoms with E-state index in [2.05, 4.69) is 27.8 Å². The Morgan fingerprint density at radius 1 is 1.12 bits per heavy atom. The van der Waals surface area contributed by atoms with Crippen molar-refractivity contribution in [2.45, 2.75) is 19.9 Å². The maximum absolute atomic E-state index is 9.93. The van der Waals surface area contributed by atoms with Crippen LogP contribution in [0.4, 0.5) is 0 Å². The third kappa shape index (κ3) is 7.21. The highest BCUT2D eigenvalue weighted by Crippen LogP contribution is 2.23. The molecule has 0 amide bonds. The van der Waals surface area contributed by atoms with E-state index in [1.54, 1.807) is 25.3 Å². The number of phenolic OH excluding ortho intramolecular Hbond substituents is 1. The molecule has 0 fully saturated rings. The van der Waals surface area contributed by atoms with Gasteiger partial charge in [0.1, 0.15) is 11.5 Å². The molecule has 0 aliphatic carbocycles. The van der Waals surface area contributed by atoms with E-state index in [0.29, 0.717) is 12.3 Å². The van der Waals surface area contributed by atoms with Crippen LogP contribution in [0.25, 0.3) is 0 Å². The van der Waals surface area contributed by atoms with Crippen LogP contribution in [0, 0.1) is 0 Å². The van der Waals surface area contributed by atoms with E-state index in [1.807, 2.05) is 25.1 Å². The van der Waals surface area contributed by atoms with Gasteiger partial charge in [0, 0.05) is 18.7 Å². The van der Waals surface area contributed by atoms with Crippen molar-refractivity contribution in [3.63, 3.8) is 0 Å². The molecule has 0 spiro atoms. The molecule has 0 radical (unpaired) electrons. The van der Waals surface area contributed by atoms with Gasteiger partial charge in [-0.05, 0) is 37.1 Å². The topological polar surface area (TPSA) is 65.9 Å². The molecular formula is C19H26IN3O2. The van der Waals surface area contributed by atoms with E-state index in [4.69, 9.17) is 4.74 Å². The quantitative estimate of drug-likeness (QED) is 0.341. The summed E-state index contributed by atoms with van der Waals surface area (Å²) in [6.45, 7) is 3.97. The van der Waals surface area contributed by atoms with Crippen molar-refractivity contribution in [1.29, 1.82) is 0 Å². The molecule has 0 atom stereocenters. The van der Waals surface area contributed by atoms with Crippen LogP contribution in [0.2, 0.25) is 0 Å². The Hall–Kier alpha value is -1.96. The second-order valence-electron chi connectivity index (χ2n) is 5.35. The minimum Gasteiger partial charge on any atom is -0.508 e. The fraction of sp³-hybridized carbons (Fsp3) is 0.316. The van der Waals surface area contributed by atoms with Crippen LogP contribution in [0.3, 0.4) is 0 Å². The first-order chi connectivity index (χ1) is 11.7. The Morgan fingerprint density at radius 2 is 1.88 bits per heavy atom. The molecular weight excluding hydrogens is 429 g/mol. The third-order valence-electron chi connectivity index (χ3n) is 3.59.